The van der Waals surface area contributed by atoms with Crippen molar-refractivity contribution in [1.29, 1.82) is 0 Å². The zero-order valence-electron chi connectivity index (χ0n) is 8.39. The molecule has 0 unspecified atom stereocenters. The van der Waals surface area contributed by atoms with E-state index in [1.165, 1.54) is 25.7 Å². The number of imidazole rings is 1. The van der Waals surface area contributed by atoms with E-state index in [2.05, 4.69) is 32.4 Å². The molecular formula is C10H17BrN2. The van der Waals surface area contributed by atoms with Crippen LogP contribution in [0.3, 0.4) is 0 Å². The average Bonchev–Trinajstić information content (AvgIpc) is 2.42. The second-order valence-corrected chi connectivity index (χ2v) is 4.15. The second-order valence-electron chi connectivity index (χ2n) is 3.34. The van der Waals surface area contributed by atoms with Crippen molar-refractivity contribution in [2.75, 3.05) is 0 Å². The fourth-order valence-corrected chi connectivity index (χ4v) is 1.94. The zero-order chi connectivity index (χ0) is 9.68. The van der Waals surface area contributed by atoms with Gasteiger partial charge in [0.15, 0.2) is 0 Å². The molecule has 0 aliphatic rings. The second kappa shape index (κ2) is 5.43. The molecule has 1 rings (SSSR count). The Morgan fingerprint density at radius 1 is 1.38 bits per heavy atom. The Hall–Kier alpha value is -0.310. The van der Waals surface area contributed by atoms with E-state index in [-0.39, 0.29) is 0 Å². The van der Waals surface area contributed by atoms with Gasteiger partial charge in [-0.15, -0.1) is 0 Å². The lowest BCUT2D eigenvalue weighted by molar-refractivity contribution is 0.567. The molecule has 0 radical (unpaired) electrons. The first-order chi connectivity index (χ1) is 6.25. The number of halogens is 1. The smallest absolute Gasteiger partial charge is 0.106 e. The van der Waals surface area contributed by atoms with Gasteiger partial charge >= 0.3 is 0 Å². The largest absolute Gasteiger partial charge is 0.323 e. The Bertz CT molecular complexity index is 236. The predicted octanol–water partition coefficient (Wildman–Crippen LogP) is 3.53. The van der Waals surface area contributed by atoms with Gasteiger partial charge < -0.3 is 4.57 Å². The third kappa shape index (κ3) is 3.14. The lowest BCUT2D eigenvalue weighted by Crippen LogP contribution is -2.00. The first-order valence-corrected chi connectivity index (χ1v) is 5.72. The molecule has 0 aliphatic heterocycles. The Kier molecular flexibility index (Phi) is 4.50. The number of hydrogen-bond acceptors (Lipinski definition) is 1. The van der Waals surface area contributed by atoms with E-state index < -0.39 is 0 Å². The summed E-state index contributed by atoms with van der Waals surface area (Å²) in [5, 5.41) is 0. The van der Waals surface area contributed by atoms with Crippen molar-refractivity contribution in [3.8, 4) is 0 Å². The first kappa shape index (κ1) is 10.8. The molecule has 3 heteroatoms. The minimum Gasteiger partial charge on any atom is -0.323 e. The van der Waals surface area contributed by atoms with Crippen LogP contribution in [0.1, 0.15) is 38.4 Å². The van der Waals surface area contributed by atoms with Crippen LogP contribution in [0.2, 0.25) is 0 Å². The summed E-state index contributed by atoms with van der Waals surface area (Å²) in [6.45, 7) is 5.37. The molecule has 0 spiro atoms. The molecule has 0 aromatic carbocycles. The Balaban J connectivity index is 2.36. The van der Waals surface area contributed by atoms with Gasteiger partial charge in [0.2, 0.25) is 0 Å². The molecule has 0 atom stereocenters. The number of aromatic nitrogens is 2. The Labute approximate surface area is 88.5 Å². The van der Waals surface area contributed by atoms with Gasteiger partial charge in [-0.05, 0) is 29.3 Å². The molecule has 1 aromatic heterocycles. The zero-order valence-corrected chi connectivity index (χ0v) is 9.97. The van der Waals surface area contributed by atoms with Crippen molar-refractivity contribution in [2.45, 2.75) is 46.1 Å². The third-order valence-electron chi connectivity index (χ3n) is 2.24. The van der Waals surface area contributed by atoms with Crippen molar-refractivity contribution in [1.82, 2.24) is 9.55 Å². The van der Waals surface area contributed by atoms with Crippen LogP contribution in [0, 0.1) is 6.92 Å². The Morgan fingerprint density at radius 3 is 2.69 bits per heavy atom. The molecule has 0 saturated heterocycles. The summed E-state index contributed by atoms with van der Waals surface area (Å²) in [6, 6.07) is 0. The van der Waals surface area contributed by atoms with Crippen LogP contribution in [-0.2, 0) is 6.54 Å². The van der Waals surface area contributed by atoms with E-state index in [1.807, 2.05) is 13.1 Å². The summed E-state index contributed by atoms with van der Waals surface area (Å²) in [4.78, 5) is 4.23. The van der Waals surface area contributed by atoms with Crippen LogP contribution in [0.5, 0.6) is 0 Å². The van der Waals surface area contributed by atoms with Gasteiger partial charge in [-0.25, -0.2) is 4.98 Å². The highest BCUT2D eigenvalue weighted by molar-refractivity contribution is 9.10. The van der Waals surface area contributed by atoms with Gasteiger partial charge in [-0.1, -0.05) is 26.2 Å². The highest BCUT2D eigenvalue weighted by atomic mass is 79.9. The number of rotatable bonds is 5. The maximum atomic E-state index is 4.23. The minimum atomic E-state index is 1.09. The molecule has 13 heavy (non-hydrogen) atoms. The van der Waals surface area contributed by atoms with Crippen molar-refractivity contribution < 1.29 is 0 Å². The lowest BCUT2D eigenvalue weighted by atomic mass is 10.2. The number of hydrogen-bond donors (Lipinski definition) is 0. The molecular weight excluding hydrogens is 228 g/mol. The van der Waals surface area contributed by atoms with Crippen LogP contribution in [-0.4, -0.2) is 9.55 Å². The van der Waals surface area contributed by atoms with E-state index >= 15 is 0 Å². The molecule has 0 fully saturated rings. The van der Waals surface area contributed by atoms with E-state index in [1.54, 1.807) is 0 Å². The van der Waals surface area contributed by atoms with Crippen LogP contribution >= 0.6 is 15.9 Å². The maximum absolute atomic E-state index is 4.23. The molecule has 0 N–H and O–H groups in total. The summed E-state index contributed by atoms with van der Waals surface area (Å²) >= 11 is 3.49. The molecule has 0 amide bonds. The fourth-order valence-electron chi connectivity index (χ4n) is 1.41. The first-order valence-electron chi connectivity index (χ1n) is 4.93. The van der Waals surface area contributed by atoms with Gasteiger partial charge in [0.05, 0.1) is 6.20 Å². The Morgan fingerprint density at radius 2 is 2.15 bits per heavy atom. The lowest BCUT2D eigenvalue weighted by Gasteiger charge is -2.05. The van der Waals surface area contributed by atoms with E-state index in [4.69, 9.17) is 0 Å². The van der Waals surface area contributed by atoms with Crippen molar-refractivity contribution in [3.05, 3.63) is 16.6 Å². The molecule has 1 aromatic rings. The fraction of sp³-hybridized carbons (Fsp3) is 0.700. The summed E-state index contributed by atoms with van der Waals surface area (Å²) in [6.07, 6.45) is 7.08. The average molecular weight is 245 g/mol. The molecule has 74 valence electrons. The summed E-state index contributed by atoms with van der Waals surface area (Å²) < 4.78 is 3.32. The summed E-state index contributed by atoms with van der Waals surface area (Å²) in [7, 11) is 0. The molecule has 0 aliphatic carbocycles. The number of nitrogens with zero attached hydrogens (tertiary/aromatic N) is 2. The number of aryl methyl sites for hydroxylation is 1. The minimum absolute atomic E-state index is 1.09. The molecule has 2 nitrogen and oxygen atoms in total. The van der Waals surface area contributed by atoms with E-state index in [9.17, 15) is 0 Å². The highest BCUT2D eigenvalue weighted by Crippen LogP contribution is 2.13. The maximum Gasteiger partial charge on any atom is 0.106 e. The van der Waals surface area contributed by atoms with Crippen LogP contribution in [0.25, 0.3) is 0 Å². The van der Waals surface area contributed by atoms with Gasteiger partial charge in [0, 0.05) is 6.54 Å². The van der Waals surface area contributed by atoms with E-state index in [0.29, 0.717) is 0 Å². The van der Waals surface area contributed by atoms with Crippen LogP contribution < -0.4 is 0 Å². The standard InChI is InChI=1S/C10H17BrN2/c1-3-4-5-6-7-13-9(2)12-8-10(13)11/h8H,3-7H2,1-2H3. The van der Waals surface area contributed by atoms with Gasteiger partial charge in [0.1, 0.15) is 10.4 Å². The SMILES string of the molecule is CCCCCCn1c(Br)cnc1C. The normalized spacial score (nSPS) is 10.7. The van der Waals surface area contributed by atoms with Crippen molar-refractivity contribution in [2.24, 2.45) is 0 Å². The highest BCUT2D eigenvalue weighted by Gasteiger charge is 2.01. The third-order valence-corrected chi connectivity index (χ3v) is 2.87. The van der Waals surface area contributed by atoms with Gasteiger partial charge in [0.25, 0.3) is 0 Å². The number of unbranched alkanes of at least 4 members (excludes halogenated alkanes) is 3. The molecule has 1 heterocycles. The quantitative estimate of drug-likeness (QED) is 0.725. The molecule has 0 saturated carbocycles. The monoisotopic (exact) mass is 244 g/mol. The van der Waals surface area contributed by atoms with Crippen LogP contribution in [0.15, 0.2) is 10.8 Å². The summed E-state index contributed by atoms with van der Waals surface area (Å²) in [5.74, 6) is 1.10. The predicted molar refractivity (Wildman–Crippen MR) is 58.8 cm³/mol. The van der Waals surface area contributed by atoms with Crippen molar-refractivity contribution in [3.63, 3.8) is 0 Å². The van der Waals surface area contributed by atoms with Crippen molar-refractivity contribution >= 4 is 15.9 Å². The molecule has 0 bridgehead atoms. The van der Waals surface area contributed by atoms with Crippen LogP contribution in [0.4, 0.5) is 0 Å². The summed E-state index contributed by atoms with van der Waals surface area (Å²) in [5.41, 5.74) is 0. The van der Waals surface area contributed by atoms with Gasteiger partial charge in [-0.3, -0.25) is 0 Å². The topological polar surface area (TPSA) is 17.8 Å². The van der Waals surface area contributed by atoms with Gasteiger partial charge in [-0.2, -0.15) is 0 Å². The van der Waals surface area contributed by atoms with E-state index in [0.717, 1.165) is 17.0 Å².